The van der Waals surface area contributed by atoms with E-state index in [1.807, 2.05) is 6.07 Å². The molecule has 0 unspecified atom stereocenters. The van der Waals surface area contributed by atoms with Gasteiger partial charge in [-0.05, 0) is 42.5 Å². The first-order valence-electron chi connectivity index (χ1n) is 6.01. The van der Waals surface area contributed by atoms with E-state index in [9.17, 15) is 12.8 Å². The maximum Gasteiger partial charge on any atom is 0.264 e. The van der Waals surface area contributed by atoms with E-state index in [2.05, 4.69) is 9.71 Å². The largest absolute Gasteiger partial charge is 0.361 e. The lowest BCUT2D eigenvalue weighted by molar-refractivity contribution is 0.570. The van der Waals surface area contributed by atoms with Gasteiger partial charge in [-0.15, -0.1) is 0 Å². The third-order valence-corrected chi connectivity index (χ3v) is 4.64. The SMILES string of the molecule is O=S(=O)(Nc1ccc2[nH]ccc2c1)c1ccc(Cl)cc1F. The second-order valence-corrected chi connectivity index (χ2v) is 6.55. The van der Waals surface area contributed by atoms with Crippen LogP contribution in [0.3, 0.4) is 0 Å². The number of anilines is 1. The standard InChI is InChI=1S/C14H10ClFN2O2S/c15-10-1-4-14(12(16)8-10)21(19,20)18-11-2-3-13-9(7-11)5-6-17-13/h1-8,17-18H. The minimum Gasteiger partial charge on any atom is -0.361 e. The first-order valence-corrected chi connectivity index (χ1v) is 7.87. The molecule has 3 rings (SSSR count). The van der Waals surface area contributed by atoms with Gasteiger partial charge in [-0.25, -0.2) is 12.8 Å². The van der Waals surface area contributed by atoms with Crippen molar-refractivity contribution in [3.05, 3.63) is 59.5 Å². The van der Waals surface area contributed by atoms with Crippen molar-refractivity contribution in [1.82, 2.24) is 4.98 Å². The molecule has 0 aliphatic rings. The number of aromatic nitrogens is 1. The van der Waals surface area contributed by atoms with Crippen LogP contribution in [-0.4, -0.2) is 13.4 Å². The molecule has 0 saturated carbocycles. The summed E-state index contributed by atoms with van der Waals surface area (Å²) in [5.74, 6) is -0.891. The predicted molar refractivity (Wildman–Crippen MR) is 80.5 cm³/mol. The third kappa shape index (κ3) is 2.72. The van der Waals surface area contributed by atoms with Gasteiger partial charge in [0.25, 0.3) is 10.0 Å². The molecule has 1 aromatic heterocycles. The molecule has 2 N–H and O–H groups in total. The number of aromatic amines is 1. The van der Waals surface area contributed by atoms with Crippen molar-refractivity contribution in [2.24, 2.45) is 0 Å². The van der Waals surface area contributed by atoms with Crippen molar-refractivity contribution in [3.8, 4) is 0 Å². The van der Waals surface area contributed by atoms with E-state index in [0.717, 1.165) is 23.0 Å². The van der Waals surface area contributed by atoms with Crippen LogP contribution < -0.4 is 4.72 Å². The molecule has 0 aliphatic carbocycles. The third-order valence-electron chi connectivity index (χ3n) is 2.99. The Labute approximate surface area is 125 Å². The van der Waals surface area contributed by atoms with Crippen molar-refractivity contribution < 1.29 is 12.8 Å². The molecule has 0 saturated heterocycles. The summed E-state index contributed by atoms with van der Waals surface area (Å²) in [7, 11) is -4.01. The Morgan fingerprint density at radius 2 is 1.90 bits per heavy atom. The average Bonchev–Trinajstić information content (AvgIpc) is 2.85. The lowest BCUT2D eigenvalue weighted by Crippen LogP contribution is -2.14. The van der Waals surface area contributed by atoms with Crippen LogP contribution in [-0.2, 0) is 10.0 Å². The molecule has 0 atom stereocenters. The first-order chi connectivity index (χ1) is 9.95. The van der Waals surface area contributed by atoms with Crippen molar-refractivity contribution >= 4 is 38.2 Å². The normalized spacial score (nSPS) is 11.7. The van der Waals surface area contributed by atoms with Crippen LogP contribution in [0.15, 0.2) is 53.6 Å². The zero-order chi connectivity index (χ0) is 15.0. The highest BCUT2D eigenvalue weighted by molar-refractivity contribution is 7.92. The van der Waals surface area contributed by atoms with E-state index in [1.54, 1.807) is 24.4 Å². The topological polar surface area (TPSA) is 62.0 Å². The molecular weight excluding hydrogens is 315 g/mol. The highest BCUT2D eigenvalue weighted by atomic mass is 35.5. The predicted octanol–water partition coefficient (Wildman–Crippen LogP) is 3.76. The minimum absolute atomic E-state index is 0.139. The van der Waals surface area contributed by atoms with Crippen LogP contribution in [0.2, 0.25) is 5.02 Å². The second-order valence-electron chi connectivity index (χ2n) is 4.46. The molecule has 0 bridgehead atoms. The van der Waals surface area contributed by atoms with Crippen LogP contribution in [0.25, 0.3) is 10.9 Å². The minimum atomic E-state index is -4.01. The van der Waals surface area contributed by atoms with Crippen molar-refractivity contribution in [2.75, 3.05) is 4.72 Å². The Bertz CT molecular complexity index is 922. The number of hydrogen-bond acceptors (Lipinski definition) is 2. The Morgan fingerprint density at radius 3 is 2.67 bits per heavy atom. The molecule has 0 fully saturated rings. The summed E-state index contributed by atoms with van der Waals surface area (Å²) in [6, 6.07) is 10.2. The molecule has 3 aromatic rings. The van der Waals surface area contributed by atoms with Gasteiger partial charge in [0.1, 0.15) is 10.7 Å². The van der Waals surface area contributed by atoms with Crippen LogP contribution in [0.1, 0.15) is 0 Å². The first kappa shape index (κ1) is 13.9. The summed E-state index contributed by atoms with van der Waals surface area (Å²) >= 11 is 5.62. The summed E-state index contributed by atoms with van der Waals surface area (Å²) in [6.07, 6.45) is 1.75. The lowest BCUT2D eigenvalue weighted by atomic mass is 10.2. The fourth-order valence-corrected chi connectivity index (χ4v) is 3.29. The van der Waals surface area contributed by atoms with Gasteiger partial charge in [-0.3, -0.25) is 4.72 Å². The summed E-state index contributed by atoms with van der Waals surface area (Å²) in [5.41, 5.74) is 1.24. The summed E-state index contributed by atoms with van der Waals surface area (Å²) < 4.78 is 40.5. The van der Waals surface area contributed by atoms with Gasteiger partial charge in [0, 0.05) is 27.8 Å². The maximum atomic E-state index is 13.7. The summed E-state index contributed by atoms with van der Waals surface area (Å²) in [6.45, 7) is 0. The second kappa shape index (κ2) is 5.05. The zero-order valence-corrected chi connectivity index (χ0v) is 12.2. The molecule has 0 aliphatic heterocycles. The fourth-order valence-electron chi connectivity index (χ4n) is 2.02. The number of hydrogen-bond donors (Lipinski definition) is 2. The number of halogens is 2. The number of fused-ring (bicyclic) bond motifs is 1. The molecule has 1 heterocycles. The summed E-state index contributed by atoms with van der Waals surface area (Å²) in [5, 5.41) is 0.993. The average molecular weight is 325 g/mol. The van der Waals surface area contributed by atoms with Gasteiger partial charge >= 0.3 is 0 Å². The van der Waals surface area contributed by atoms with E-state index in [-0.39, 0.29) is 5.02 Å². The van der Waals surface area contributed by atoms with Gasteiger partial charge in [0.05, 0.1) is 0 Å². The Morgan fingerprint density at radius 1 is 1.10 bits per heavy atom. The van der Waals surface area contributed by atoms with Crippen molar-refractivity contribution in [2.45, 2.75) is 4.90 Å². The molecule has 108 valence electrons. The molecule has 0 radical (unpaired) electrons. The van der Waals surface area contributed by atoms with Crippen LogP contribution in [0, 0.1) is 5.82 Å². The number of rotatable bonds is 3. The molecule has 4 nitrogen and oxygen atoms in total. The van der Waals surface area contributed by atoms with E-state index in [0.29, 0.717) is 5.69 Å². The lowest BCUT2D eigenvalue weighted by Gasteiger charge is -2.09. The zero-order valence-electron chi connectivity index (χ0n) is 10.6. The molecule has 21 heavy (non-hydrogen) atoms. The molecule has 0 amide bonds. The molecule has 7 heteroatoms. The highest BCUT2D eigenvalue weighted by Gasteiger charge is 2.19. The number of nitrogens with one attached hydrogen (secondary N) is 2. The van der Waals surface area contributed by atoms with E-state index in [4.69, 9.17) is 11.6 Å². The van der Waals surface area contributed by atoms with Crippen LogP contribution in [0.4, 0.5) is 10.1 Å². The smallest absolute Gasteiger partial charge is 0.264 e. The fraction of sp³-hybridized carbons (Fsp3) is 0. The van der Waals surface area contributed by atoms with Crippen LogP contribution in [0.5, 0.6) is 0 Å². The number of sulfonamides is 1. The Hall–Kier alpha value is -2.05. The van der Waals surface area contributed by atoms with Gasteiger partial charge in [0.2, 0.25) is 0 Å². The number of benzene rings is 2. The van der Waals surface area contributed by atoms with E-state index >= 15 is 0 Å². The van der Waals surface area contributed by atoms with Gasteiger partial charge in [-0.1, -0.05) is 11.6 Å². The van der Waals surface area contributed by atoms with Crippen LogP contribution >= 0.6 is 11.6 Å². The summed E-state index contributed by atoms with van der Waals surface area (Å²) in [4.78, 5) is 2.56. The van der Waals surface area contributed by atoms with Gasteiger partial charge < -0.3 is 4.98 Å². The number of H-pyrrole nitrogens is 1. The van der Waals surface area contributed by atoms with E-state index < -0.39 is 20.7 Å². The highest BCUT2D eigenvalue weighted by Crippen LogP contribution is 2.23. The Kier molecular flexibility index (Phi) is 3.35. The van der Waals surface area contributed by atoms with Crippen molar-refractivity contribution in [1.29, 1.82) is 0 Å². The van der Waals surface area contributed by atoms with Crippen molar-refractivity contribution in [3.63, 3.8) is 0 Å². The maximum absolute atomic E-state index is 13.7. The molecular formula is C14H10ClFN2O2S. The quantitative estimate of drug-likeness (QED) is 0.770. The molecule has 0 spiro atoms. The molecule has 2 aromatic carbocycles. The van der Waals surface area contributed by atoms with Gasteiger partial charge in [-0.2, -0.15) is 0 Å². The van der Waals surface area contributed by atoms with Gasteiger partial charge in [0.15, 0.2) is 0 Å². The monoisotopic (exact) mass is 324 g/mol. The van der Waals surface area contributed by atoms with E-state index in [1.165, 1.54) is 6.07 Å². The Balaban J connectivity index is 1.98.